The van der Waals surface area contributed by atoms with Crippen LogP contribution in [0.3, 0.4) is 0 Å². The normalized spacial score (nSPS) is 18.1. The van der Waals surface area contributed by atoms with Crippen molar-refractivity contribution in [3.05, 3.63) is 29.8 Å². The number of benzene rings is 1. The lowest BCUT2D eigenvalue weighted by Gasteiger charge is -2.36. The summed E-state index contributed by atoms with van der Waals surface area (Å²) < 4.78 is 38.6. The van der Waals surface area contributed by atoms with Crippen LogP contribution in [0.5, 0.6) is 0 Å². The third kappa shape index (κ3) is 6.01. The molecule has 0 bridgehead atoms. The predicted molar refractivity (Wildman–Crippen MR) is 89.7 cm³/mol. The lowest BCUT2D eigenvalue weighted by Crippen LogP contribution is -2.45. The Balaban J connectivity index is 2.22. The average molecular weight is 346 g/mol. The average Bonchev–Trinajstić information content (AvgIpc) is 2.52. The standard InChI is InChI=1S/C17H25F3N2S/c1-2-3-4-8-15(22-12-10-21-11-13-22)14-7-5-6-9-16(14)23-17(18,19)20/h5-7,9,15,21H,2-4,8,10-13H2,1H3/t15-/m0/s1. The zero-order valence-corrected chi connectivity index (χ0v) is 14.3. The number of hydrogen-bond donors (Lipinski definition) is 1. The Morgan fingerprint density at radius 1 is 1.17 bits per heavy atom. The van der Waals surface area contributed by atoms with Gasteiger partial charge in [0.2, 0.25) is 0 Å². The van der Waals surface area contributed by atoms with Crippen molar-refractivity contribution in [2.45, 2.75) is 49.1 Å². The van der Waals surface area contributed by atoms with E-state index in [1.807, 2.05) is 12.1 Å². The Morgan fingerprint density at radius 2 is 1.87 bits per heavy atom. The minimum atomic E-state index is -4.24. The topological polar surface area (TPSA) is 15.3 Å². The number of rotatable bonds is 7. The molecule has 1 aliphatic rings. The van der Waals surface area contributed by atoms with E-state index in [-0.39, 0.29) is 17.8 Å². The first-order chi connectivity index (χ1) is 11.0. The zero-order chi connectivity index (χ0) is 16.7. The molecule has 0 spiro atoms. The number of hydrogen-bond acceptors (Lipinski definition) is 3. The highest BCUT2D eigenvalue weighted by Crippen LogP contribution is 2.42. The van der Waals surface area contributed by atoms with E-state index in [0.717, 1.165) is 57.4 Å². The van der Waals surface area contributed by atoms with Crippen LogP contribution in [0.1, 0.15) is 44.2 Å². The Labute approximate surface area is 140 Å². The van der Waals surface area contributed by atoms with Crippen molar-refractivity contribution in [1.29, 1.82) is 0 Å². The molecule has 0 aliphatic carbocycles. The van der Waals surface area contributed by atoms with Crippen molar-refractivity contribution in [2.75, 3.05) is 26.2 Å². The first-order valence-electron chi connectivity index (χ1n) is 8.30. The Hall–Kier alpha value is -0.720. The Bertz CT molecular complexity index is 473. The van der Waals surface area contributed by atoms with E-state index >= 15 is 0 Å². The molecular formula is C17H25F3N2S. The van der Waals surface area contributed by atoms with Gasteiger partial charge in [-0.15, -0.1) is 0 Å². The molecule has 0 saturated carbocycles. The molecule has 0 amide bonds. The predicted octanol–water partition coefficient (Wildman–Crippen LogP) is 4.83. The molecule has 1 aromatic carbocycles. The molecule has 1 saturated heterocycles. The van der Waals surface area contributed by atoms with Crippen molar-refractivity contribution >= 4 is 11.8 Å². The van der Waals surface area contributed by atoms with E-state index < -0.39 is 5.51 Å². The molecule has 0 aromatic heterocycles. The number of thioether (sulfide) groups is 1. The highest BCUT2D eigenvalue weighted by atomic mass is 32.2. The third-order valence-electron chi connectivity index (χ3n) is 4.18. The summed E-state index contributed by atoms with van der Waals surface area (Å²) in [5.74, 6) is 0. The molecule has 130 valence electrons. The van der Waals surface area contributed by atoms with Crippen LogP contribution in [-0.2, 0) is 0 Å². The highest BCUT2D eigenvalue weighted by Gasteiger charge is 2.32. The van der Waals surface area contributed by atoms with Crippen molar-refractivity contribution < 1.29 is 13.2 Å². The van der Waals surface area contributed by atoms with Gasteiger partial charge in [-0.2, -0.15) is 13.2 Å². The van der Waals surface area contributed by atoms with Crippen LogP contribution in [0.2, 0.25) is 0 Å². The van der Waals surface area contributed by atoms with Crippen LogP contribution in [0.25, 0.3) is 0 Å². The number of piperazine rings is 1. The van der Waals surface area contributed by atoms with E-state index in [9.17, 15) is 13.2 Å². The number of halogens is 3. The number of unbranched alkanes of at least 4 members (excludes halogenated alkanes) is 2. The van der Waals surface area contributed by atoms with E-state index in [1.165, 1.54) is 0 Å². The maximum Gasteiger partial charge on any atom is 0.446 e. The van der Waals surface area contributed by atoms with Gasteiger partial charge in [0.05, 0.1) is 0 Å². The second-order valence-corrected chi connectivity index (χ2v) is 6.99. The first kappa shape index (κ1) is 18.6. The summed E-state index contributed by atoms with van der Waals surface area (Å²) in [6.07, 6.45) is 4.21. The van der Waals surface area contributed by atoms with Crippen LogP contribution in [0, 0.1) is 0 Å². The maximum absolute atomic E-state index is 12.9. The second kappa shape index (κ2) is 8.94. The van der Waals surface area contributed by atoms with Gasteiger partial charge in [0.1, 0.15) is 0 Å². The van der Waals surface area contributed by atoms with Crippen molar-refractivity contribution in [2.24, 2.45) is 0 Å². The van der Waals surface area contributed by atoms with Crippen molar-refractivity contribution in [3.8, 4) is 0 Å². The zero-order valence-electron chi connectivity index (χ0n) is 13.5. The Morgan fingerprint density at radius 3 is 2.52 bits per heavy atom. The summed E-state index contributed by atoms with van der Waals surface area (Å²) in [4.78, 5) is 2.68. The first-order valence-corrected chi connectivity index (χ1v) is 9.12. The summed E-state index contributed by atoms with van der Waals surface area (Å²) in [6, 6.07) is 7.09. The maximum atomic E-state index is 12.9. The molecule has 1 aliphatic heterocycles. The van der Waals surface area contributed by atoms with Crippen LogP contribution in [0.15, 0.2) is 29.2 Å². The molecule has 1 heterocycles. The van der Waals surface area contributed by atoms with Gasteiger partial charge in [0.25, 0.3) is 0 Å². The van der Waals surface area contributed by atoms with Crippen molar-refractivity contribution in [1.82, 2.24) is 10.2 Å². The van der Waals surface area contributed by atoms with E-state index in [1.54, 1.807) is 12.1 Å². The molecule has 1 atom stereocenters. The van der Waals surface area contributed by atoms with Crippen LogP contribution >= 0.6 is 11.8 Å². The Kier molecular flexibility index (Phi) is 7.24. The lowest BCUT2D eigenvalue weighted by atomic mass is 9.98. The highest BCUT2D eigenvalue weighted by molar-refractivity contribution is 8.00. The molecule has 1 N–H and O–H groups in total. The van der Waals surface area contributed by atoms with Gasteiger partial charge in [0, 0.05) is 37.1 Å². The molecule has 23 heavy (non-hydrogen) atoms. The summed E-state index contributed by atoms with van der Waals surface area (Å²) in [7, 11) is 0. The van der Waals surface area contributed by atoms with Gasteiger partial charge in [-0.1, -0.05) is 44.4 Å². The largest absolute Gasteiger partial charge is 0.446 e. The summed E-state index contributed by atoms with van der Waals surface area (Å²) >= 11 is 0.0166. The number of nitrogens with zero attached hydrogens (tertiary/aromatic N) is 1. The monoisotopic (exact) mass is 346 g/mol. The fourth-order valence-corrected chi connectivity index (χ4v) is 3.81. The van der Waals surface area contributed by atoms with Gasteiger partial charge in [0.15, 0.2) is 0 Å². The minimum absolute atomic E-state index is 0.0166. The molecule has 0 radical (unpaired) electrons. The lowest BCUT2D eigenvalue weighted by molar-refractivity contribution is -0.0328. The molecule has 1 aromatic rings. The van der Waals surface area contributed by atoms with Crippen LogP contribution < -0.4 is 5.32 Å². The third-order valence-corrected chi connectivity index (χ3v) is 5.00. The van der Waals surface area contributed by atoms with E-state index in [2.05, 4.69) is 17.1 Å². The number of alkyl halides is 3. The SMILES string of the molecule is CCCCC[C@@H](c1ccccc1SC(F)(F)F)N1CCNCC1. The summed E-state index contributed by atoms with van der Waals surface area (Å²) in [5.41, 5.74) is -3.42. The van der Waals surface area contributed by atoms with Gasteiger partial charge in [-0.05, 0) is 29.8 Å². The van der Waals surface area contributed by atoms with Gasteiger partial charge in [-0.3, -0.25) is 4.90 Å². The second-order valence-electron chi connectivity index (χ2n) is 5.88. The molecule has 2 nitrogen and oxygen atoms in total. The van der Waals surface area contributed by atoms with Crippen LogP contribution in [0.4, 0.5) is 13.2 Å². The summed E-state index contributed by atoms with van der Waals surface area (Å²) in [5, 5.41) is 3.31. The molecule has 0 unspecified atom stereocenters. The van der Waals surface area contributed by atoms with E-state index in [0.29, 0.717) is 4.90 Å². The number of nitrogens with one attached hydrogen (secondary N) is 1. The minimum Gasteiger partial charge on any atom is -0.314 e. The quantitative estimate of drug-likeness (QED) is 0.563. The van der Waals surface area contributed by atoms with Gasteiger partial charge in [-0.25, -0.2) is 0 Å². The smallest absolute Gasteiger partial charge is 0.314 e. The van der Waals surface area contributed by atoms with Crippen LogP contribution in [-0.4, -0.2) is 36.6 Å². The van der Waals surface area contributed by atoms with Crippen molar-refractivity contribution in [3.63, 3.8) is 0 Å². The molecule has 2 rings (SSSR count). The molecule has 6 heteroatoms. The molecule has 1 fully saturated rings. The van der Waals surface area contributed by atoms with Gasteiger partial charge < -0.3 is 5.32 Å². The van der Waals surface area contributed by atoms with E-state index in [4.69, 9.17) is 0 Å². The van der Waals surface area contributed by atoms with Gasteiger partial charge >= 0.3 is 5.51 Å². The fourth-order valence-electron chi connectivity index (χ4n) is 3.09. The molecular weight excluding hydrogens is 321 g/mol. The summed E-state index contributed by atoms with van der Waals surface area (Å²) in [6.45, 7) is 5.73. The fraction of sp³-hybridized carbons (Fsp3) is 0.647.